The molecule has 4 heteroatoms. The van der Waals surface area contributed by atoms with Crippen LogP contribution in [0.5, 0.6) is 6.01 Å². The molecule has 0 spiro atoms. The molecule has 4 nitrogen and oxygen atoms in total. The summed E-state index contributed by atoms with van der Waals surface area (Å²) in [5, 5.41) is 0. The lowest BCUT2D eigenvalue weighted by molar-refractivity contribution is 0.311. The Bertz CT molecular complexity index is 262. The van der Waals surface area contributed by atoms with Crippen LogP contribution in [0.15, 0.2) is 6.20 Å². The molecule has 1 rings (SSSR count). The van der Waals surface area contributed by atoms with Crippen LogP contribution in [-0.2, 0) is 6.54 Å². The van der Waals surface area contributed by atoms with E-state index in [0.29, 0.717) is 19.2 Å². The second-order valence-electron chi connectivity index (χ2n) is 2.40. The van der Waals surface area contributed by atoms with E-state index < -0.39 is 0 Å². The van der Waals surface area contributed by atoms with Gasteiger partial charge < -0.3 is 10.5 Å². The number of aryl methyl sites for hydroxylation is 1. The zero-order chi connectivity index (χ0) is 8.97. The van der Waals surface area contributed by atoms with Gasteiger partial charge >= 0.3 is 6.01 Å². The van der Waals surface area contributed by atoms with Crippen molar-refractivity contribution >= 4 is 0 Å². The Morgan fingerprint density at radius 2 is 2.33 bits per heavy atom. The summed E-state index contributed by atoms with van der Waals surface area (Å²) in [5.74, 6) is 0. The van der Waals surface area contributed by atoms with Crippen molar-refractivity contribution in [2.24, 2.45) is 5.73 Å². The number of rotatable bonds is 3. The summed E-state index contributed by atoms with van der Waals surface area (Å²) in [7, 11) is 0. The fourth-order valence-corrected chi connectivity index (χ4v) is 0.870. The van der Waals surface area contributed by atoms with Gasteiger partial charge in [0.05, 0.1) is 6.61 Å². The highest BCUT2D eigenvalue weighted by molar-refractivity contribution is 5.17. The third kappa shape index (κ3) is 1.92. The zero-order valence-corrected chi connectivity index (χ0v) is 7.37. The molecule has 1 heterocycles. The van der Waals surface area contributed by atoms with Gasteiger partial charge in [-0.1, -0.05) is 0 Å². The highest BCUT2D eigenvalue weighted by Crippen LogP contribution is 2.07. The van der Waals surface area contributed by atoms with Gasteiger partial charge in [0.1, 0.15) is 0 Å². The van der Waals surface area contributed by atoms with E-state index in [-0.39, 0.29) is 0 Å². The summed E-state index contributed by atoms with van der Waals surface area (Å²) in [6.07, 6.45) is 1.70. The summed E-state index contributed by atoms with van der Waals surface area (Å²) in [6, 6.07) is 0.423. The quantitative estimate of drug-likeness (QED) is 0.717. The first-order chi connectivity index (χ1) is 5.77. The molecule has 1 aromatic heterocycles. The number of ether oxygens (including phenoxy) is 1. The summed E-state index contributed by atoms with van der Waals surface area (Å²) >= 11 is 0. The average molecular weight is 167 g/mol. The molecule has 0 fully saturated rings. The fourth-order valence-electron chi connectivity index (χ4n) is 0.870. The summed E-state index contributed by atoms with van der Waals surface area (Å²) in [4.78, 5) is 8.11. The second-order valence-corrected chi connectivity index (χ2v) is 2.40. The first kappa shape index (κ1) is 8.93. The molecule has 2 N–H and O–H groups in total. The number of nitrogens with two attached hydrogens (primary N) is 1. The van der Waals surface area contributed by atoms with Gasteiger partial charge in [-0.15, -0.1) is 0 Å². The van der Waals surface area contributed by atoms with Crippen LogP contribution in [0.1, 0.15) is 18.2 Å². The van der Waals surface area contributed by atoms with E-state index in [1.54, 1.807) is 6.20 Å². The van der Waals surface area contributed by atoms with Gasteiger partial charge in [0, 0.05) is 24.0 Å². The molecule has 0 aliphatic carbocycles. The predicted molar refractivity (Wildman–Crippen MR) is 45.8 cm³/mol. The van der Waals surface area contributed by atoms with Crippen molar-refractivity contribution in [2.75, 3.05) is 6.61 Å². The van der Waals surface area contributed by atoms with Crippen molar-refractivity contribution in [3.8, 4) is 6.01 Å². The molecule has 66 valence electrons. The predicted octanol–water partition coefficient (Wildman–Crippen LogP) is 0.642. The van der Waals surface area contributed by atoms with Gasteiger partial charge in [0.25, 0.3) is 0 Å². The van der Waals surface area contributed by atoms with E-state index >= 15 is 0 Å². The lowest BCUT2D eigenvalue weighted by Crippen LogP contribution is -2.04. The number of hydrogen-bond donors (Lipinski definition) is 1. The molecule has 0 aromatic carbocycles. The first-order valence-electron chi connectivity index (χ1n) is 3.93. The van der Waals surface area contributed by atoms with E-state index in [0.717, 1.165) is 11.3 Å². The van der Waals surface area contributed by atoms with Gasteiger partial charge in [0.15, 0.2) is 0 Å². The molecule has 12 heavy (non-hydrogen) atoms. The maximum Gasteiger partial charge on any atom is 0.316 e. The molecule has 0 bridgehead atoms. The average Bonchev–Trinajstić information content (AvgIpc) is 2.05. The molecule has 0 amide bonds. The van der Waals surface area contributed by atoms with Gasteiger partial charge in [0.2, 0.25) is 0 Å². The topological polar surface area (TPSA) is 61.0 Å². The van der Waals surface area contributed by atoms with Crippen molar-refractivity contribution in [3.63, 3.8) is 0 Å². The molecule has 0 atom stereocenters. The molecule has 0 unspecified atom stereocenters. The van der Waals surface area contributed by atoms with Crippen molar-refractivity contribution in [1.29, 1.82) is 0 Å². The molecule has 0 radical (unpaired) electrons. The number of hydrogen-bond acceptors (Lipinski definition) is 4. The van der Waals surface area contributed by atoms with Crippen molar-refractivity contribution in [1.82, 2.24) is 9.97 Å². The van der Waals surface area contributed by atoms with E-state index in [2.05, 4.69) is 9.97 Å². The Morgan fingerprint density at radius 3 is 2.83 bits per heavy atom. The van der Waals surface area contributed by atoms with Crippen molar-refractivity contribution < 1.29 is 4.74 Å². The van der Waals surface area contributed by atoms with Gasteiger partial charge in [-0.2, -0.15) is 0 Å². The van der Waals surface area contributed by atoms with Crippen LogP contribution < -0.4 is 10.5 Å². The molecular weight excluding hydrogens is 154 g/mol. The van der Waals surface area contributed by atoms with Gasteiger partial charge in [-0.25, -0.2) is 9.97 Å². The van der Waals surface area contributed by atoms with Crippen LogP contribution >= 0.6 is 0 Å². The maximum absolute atomic E-state index is 5.45. The lowest BCUT2D eigenvalue weighted by Gasteiger charge is -2.04. The third-order valence-corrected chi connectivity index (χ3v) is 1.55. The fraction of sp³-hybridized carbons (Fsp3) is 0.500. The summed E-state index contributed by atoms with van der Waals surface area (Å²) < 4.78 is 5.12. The summed E-state index contributed by atoms with van der Waals surface area (Å²) in [5.41, 5.74) is 7.30. The van der Waals surface area contributed by atoms with E-state index in [1.807, 2.05) is 13.8 Å². The smallest absolute Gasteiger partial charge is 0.316 e. The third-order valence-electron chi connectivity index (χ3n) is 1.55. The van der Waals surface area contributed by atoms with E-state index in [9.17, 15) is 0 Å². The van der Waals surface area contributed by atoms with Gasteiger partial charge in [-0.05, 0) is 13.8 Å². The SMILES string of the molecule is CCOc1ncc(CN)c(C)n1. The maximum atomic E-state index is 5.45. The standard InChI is InChI=1S/C8H13N3O/c1-3-12-8-10-5-7(4-9)6(2)11-8/h5H,3-4,9H2,1-2H3. The zero-order valence-electron chi connectivity index (χ0n) is 7.37. The van der Waals surface area contributed by atoms with Crippen LogP contribution in [0.4, 0.5) is 0 Å². The number of nitrogens with zero attached hydrogens (tertiary/aromatic N) is 2. The minimum Gasteiger partial charge on any atom is -0.464 e. The highest BCUT2D eigenvalue weighted by atomic mass is 16.5. The Kier molecular flexibility index (Phi) is 2.99. The Morgan fingerprint density at radius 1 is 1.58 bits per heavy atom. The monoisotopic (exact) mass is 167 g/mol. The molecule has 0 aliphatic rings. The van der Waals surface area contributed by atoms with E-state index in [1.165, 1.54) is 0 Å². The lowest BCUT2D eigenvalue weighted by atomic mass is 10.2. The first-order valence-corrected chi connectivity index (χ1v) is 3.93. The minimum atomic E-state index is 0.423. The minimum absolute atomic E-state index is 0.423. The summed E-state index contributed by atoms with van der Waals surface area (Å²) in [6.45, 7) is 4.85. The Hall–Kier alpha value is -1.16. The molecular formula is C8H13N3O. The van der Waals surface area contributed by atoms with E-state index in [4.69, 9.17) is 10.5 Å². The molecule has 0 saturated heterocycles. The van der Waals surface area contributed by atoms with Crippen LogP contribution in [0.25, 0.3) is 0 Å². The normalized spacial score (nSPS) is 9.92. The van der Waals surface area contributed by atoms with Gasteiger partial charge in [-0.3, -0.25) is 0 Å². The number of aromatic nitrogens is 2. The second kappa shape index (κ2) is 4.01. The van der Waals surface area contributed by atoms with Crippen LogP contribution in [0, 0.1) is 6.92 Å². The highest BCUT2D eigenvalue weighted by Gasteiger charge is 2.00. The van der Waals surface area contributed by atoms with Crippen LogP contribution in [-0.4, -0.2) is 16.6 Å². The van der Waals surface area contributed by atoms with Crippen molar-refractivity contribution in [2.45, 2.75) is 20.4 Å². The molecule has 0 saturated carbocycles. The van der Waals surface area contributed by atoms with Crippen LogP contribution in [0.2, 0.25) is 0 Å². The Balaban J connectivity index is 2.86. The largest absolute Gasteiger partial charge is 0.464 e. The molecule has 0 aliphatic heterocycles. The molecule has 1 aromatic rings. The van der Waals surface area contributed by atoms with Crippen molar-refractivity contribution in [3.05, 3.63) is 17.5 Å². The van der Waals surface area contributed by atoms with Crippen LogP contribution in [0.3, 0.4) is 0 Å². The Labute approximate surface area is 71.8 Å².